The van der Waals surface area contributed by atoms with Crippen LogP contribution in [0.2, 0.25) is 0 Å². The zero-order valence-corrected chi connectivity index (χ0v) is 20.7. The minimum atomic E-state index is -0.434. The Balaban J connectivity index is 1.14. The first kappa shape index (κ1) is 24.6. The summed E-state index contributed by atoms with van der Waals surface area (Å²) in [5, 5.41) is 4.98. The zero-order chi connectivity index (χ0) is 25.8. The number of esters is 1. The number of rotatable bonds is 6. The number of hydrogen-bond donors (Lipinski definition) is 1. The van der Waals surface area contributed by atoms with Crippen LogP contribution in [-0.4, -0.2) is 18.6 Å². The Labute approximate surface area is 214 Å². The number of aryl methyl sites for hydroxylation is 1. The quantitative estimate of drug-likeness (QED) is 0.154. The lowest BCUT2D eigenvalue weighted by Gasteiger charge is -2.27. The highest BCUT2D eigenvalue weighted by atomic mass is 16.5. The largest absolute Gasteiger partial charge is 0.445 e. The van der Waals surface area contributed by atoms with E-state index in [1.165, 1.54) is 0 Å². The van der Waals surface area contributed by atoms with Gasteiger partial charge in [0.1, 0.15) is 17.9 Å². The third kappa shape index (κ3) is 5.50. The highest BCUT2D eigenvalue weighted by Gasteiger charge is 2.28. The maximum Gasteiger partial charge on any atom is 0.407 e. The molecule has 0 radical (unpaired) electrons. The Morgan fingerprint density at radius 3 is 2.35 bits per heavy atom. The molecule has 1 amide bonds. The molecule has 7 nitrogen and oxygen atoms in total. The van der Waals surface area contributed by atoms with Gasteiger partial charge < -0.3 is 19.2 Å². The number of hydrogen-bond acceptors (Lipinski definition) is 6. The van der Waals surface area contributed by atoms with E-state index in [1.54, 1.807) is 25.1 Å². The first-order valence-electron chi connectivity index (χ1n) is 12.6. The predicted octanol–water partition coefficient (Wildman–Crippen LogP) is 5.89. The van der Waals surface area contributed by atoms with E-state index in [0.717, 1.165) is 29.2 Å². The number of ether oxygens (including phenoxy) is 2. The molecule has 1 saturated carbocycles. The lowest BCUT2D eigenvalue weighted by molar-refractivity contribution is -0.140. The molecular weight excluding hydrogens is 470 g/mol. The van der Waals surface area contributed by atoms with Gasteiger partial charge in [-0.05, 0) is 67.7 Å². The molecule has 1 N–H and O–H groups in total. The van der Waals surface area contributed by atoms with E-state index in [4.69, 9.17) is 13.9 Å². The van der Waals surface area contributed by atoms with Crippen molar-refractivity contribution in [2.45, 2.75) is 39.2 Å². The van der Waals surface area contributed by atoms with Crippen molar-refractivity contribution in [2.24, 2.45) is 11.8 Å². The van der Waals surface area contributed by atoms with Crippen molar-refractivity contribution in [3.63, 3.8) is 0 Å². The minimum absolute atomic E-state index is 0.208. The molecule has 7 heteroatoms. The average molecular weight is 500 g/mol. The Kier molecular flexibility index (Phi) is 7.21. The lowest BCUT2D eigenvalue weighted by atomic mass is 9.82. The highest BCUT2D eigenvalue weighted by molar-refractivity contribution is 6.05. The topological polar surface area (TPSA) is 94.8 Å². The van der Waals surface area contributed by atoms with Gasteiger partial charge in [0.25, 0.3) is 0 Å². The number of amides is 1. The third-order valence-electron chi connectivity index (χ3n) is 7.13. The van der Waals surface area contributed by atoms with E-state index >= 15 is 0 Å². The van der Waals surface area contributed by atoms with Crippen LogP contribution in [0, 0.1) is 18.8 Å². The van der Waals surface area contributed by atoms with Gasteiger partial charge in [-0.25, -0.2) is 9.59 Å². The van der Waals surface area contributed by atoms with Crippen molar-refractivity contribution >= 4 is 33.8 Å². The maximum atomic E-state index is 12.9. The van der Waals surface area contributed by atoms with Crippen LogP contribution in [-0.2, 0) is 16.1 Å². The average Bonchev–Trinajstić information content (AvgIpc) is 2.93. The number of nitrogens with one attached hydrogen (secondary N) is 1. The van der Waals surface area contributed by atoms with Gasteiger partial charge in [0.2, 0.25) is 0 Å². The summed E-state index contributed by atoms with van der Waals surface area (Å²) in [5.41, 5.74) is 1.59. The molecule has 3 aromatic carbocycles. The van der Waals surface area contributed by atoms with Gasteiger partial charge >= 0.3 is 17.7 Å². The molecule has 1 fully saturated rings. The standard InChI is InChI=1S/C30H29NO6/c1-19-26(16-15-24-23-9-5-6-10-25(23)29(33)37-27(19)24)36-28(32)22-13-11-20(12-14-22)17-31-30(34)35-18-21-7-3-2-4-8-21/h2-10,15-16,20,22H,11-14,17-18H2,1H3,(H,31,34). The van der Waals surface area contributed by atoms with Crippen LogP contribution in [0.4, 0.5) is 4.79 Å². The molecule has 0 bridgehead atoms. The van der Waals surface area contributed by atoms with Crippen LogP contribution >= 0.6 is 0 Å². The predicted molar refractivity (Wildman–Crippen MR) is 140 cm³/mol. The second kappa shape index (κ2) is 10.9. The van der Waals surface area contributed by atoms with Gasteiger partial charge in [-0.1, -0.05) is 48.5 Å². The molecule has 190 valence electrons. The summed E-state index contributed by atoms with van der Waals surface area (Å²) < 4.78 is 16.6. The maximum absolute atomic E-state index is 12.9. The monoisotopic (exact) mass is 499 g/mol. The second-order valence-electron chi connectivity index (χ2n) is 9.58. The van der Waals surface area contributed by atoms with Crippen LogP contribution in [0.3, 0.4) is 0 Å². The molecule has 0 unspecified atom stereocenters. The number of benzene rings is 3. The van der Waals surface area contributed by atoms with Gasteiger partial charge in [-0.3, -0.25) is 4.79 Å². The normalized spacial score (nSPS) is 17.4. The first-order valence-corrected chi connectivity index (χ1v) is 12.6. The molecular formula is C30H29NO6. The summed E-state index contributed by atoms with van der Waals surface area (Å²) in [6, 6.07) is 20.4. The summed E-state index contributed by atoms with van der Waals surface area (Å²) in [6.45, 7) is 2.55. The highest BCUT2D eigenvalue weighted by Crippen LogP contribution is 2.33. The van der Waals surface area contributed by atoms with Crippen LogP contribution in [0.5, 0.6) is 5.75 Å². The number of carbonyl (C=O) groups is 2. The Morgan fingerprint density at radius 2 is 1.59 bits per heavy atom. The fraction of sp³-hybridized carbons (Fsp3) is 0.300. The number of fused-ring (bicyclic) bond motifs is 3. The summed E-state index contributed by atoms with van der Waals surface area (Å²) in [5.74, 6) is 0.207. The van der Waals surface area contributed by atoms with Crippen molar-refractivity contribution in [3.8, 4) is 5.75 Å². The molecule has 37 heavy (non-hydrogen) atoms. The van der Waals surface area contributed by atoms with Crippen LogP contribution in [0.1, 0.15) is 36.8 Å². The van der Waals surface area contributed by atoms with Gasteiger partial charge in [-0.2, -0.15) is 0 Å². The Hall–Kier alpha value is -4.13. The van der Waals surface area contributed by atoms with Gasteiger partial charge in [-0.15, -0.1) is 0 Å². The van der Waals surface area contributed by atoms with E-state index in [-0.39, 0.29) is 18.5 Å². The summed E-state index contributed by atoms with van der Waals surface area (Å²) in [6.07, 6.45) is 2.58. The smallest absolute Gasteiger partial charge is 0.407 e. The van der Waals surface area contributed by atoms with E-state index in [9.17, 15) is 14.4 Å². The van der Waals surface area contributed by atoms with Gasteiger partial charge in [0.15, 0.2) is 0 Å². The molecule has 0 aliphatic heterocycles. The molecule has 0 saturated heterocycles. The fourth-order valence-corrected chi connectivity index (χ4v) is 4.97. The Morgan fingerprint density at radius 1 is 0.892 bits per heavy atom. The first-order chi connectivity index (χ1) is 18.0. The number of alkyl carbamates (subject to hydrolysis) is 1. The van der Waals surface area contributed by atoms with Crippen molar-refractivity contribution in [3.05, 3.63) is 88.3 Å². The van der Waals surface area contributed by atoms with Crippen molar-refractivity contribution in [1.29, 1.82) is 0 Å². The van der Waals surface area contributed by atoms with E-state index in [2.05, 4.69) is 5.32 Å². The van der Waals surface area contributed by atoms with Crippen LogP contribution in [0.15, 0.2) is 75.9 Å². The molecule has 5 rings (SSSR count). The van der Waals surface area contributed by atoms with Crippen LogP contribution < -0.4 is 15.7 Å². The van der Waals surface area contributed by atoms with Crippen molar-refractivity contribution in [1.82, 2.24) is 5.32 Å². The molecule has 4 aromatic rings. The molecule has 1 heterocycles. The molecule has 1 aliphatic rings. The molecule has 0 spiro atoms. The van der Waals surface area contributed by atoms with Crippen molar-refractivity contribution in [2.75, 3.05) is 6.54 Å². The van der Waals surface area contributed by atoms with Crippen LogP contribution in [0.25, 0.3) is 21.7 Å². The zero-order valence-electron chi connectivity index (χ0n) is 20.7. The van der Waals surface area contributed by atoms with E-state index in [1.807, 2.05) is 48.5 Å². The minimum Gasteiger partial charge on any atom is -0.445 e. The molecule has 0 atom stereocenters. The molecule has 1 aromatic heterocycles. The molecule has 1 aliphatic carbocycles. The summed E-state index contributed by atoms with van der Waals surface area (Å²) in [7, 11) is 0. The second-order valence-corrected chi connectivity index (χ2v) is 9.58. The van der Waals surface area contributed by atoms with Gasteiger partial charge in [0, 0.05) is 17.5 Å². The van der Waals surface area contributed by atoms with Crippen molar-refractivity contribution < 1.29 is 23.5 Å². The third-order valence-corrected chi connectivity index (χ3v) is 7.13. The Bertz CT molecular complexity index is 1490. The number of carbonyl (C=O) groups excluding carboxylic acids is 2. The van der Waals surface area contributed by atoms with E-state index < -0.39 is 11.7 Å². The van der Waals surface area contributed by atoms with Gasteiger partial charge in [0.05, 0.1) is 11.3 Å². The fourth-order valence-electron chi connectivity index (χ4n) is 4.97. The SMILES string of the molecule is Cc1c(OC(=O)C2CCC(CNC(=O)OCc3ccccc3)CC2)ccc2c1oc(=O)c1ccccc12. The van der Waals surface area contributed by atoms with E-state index in [0.29, 0.717) is 47.6 Å². The summed E-state index contributed by atoms with van der Waals surface area (Å²) >= 11 is 0. The summed E-state index contributed by atoms with van der Waals surface area (Å²) in [4.78, 5) is 37.4. The lowest BCUT2D eigenvalue weighted by Crippen LogP contribution is -2.33.